The Morgan fingerprint density at radius 2 is 2.00 bits per heavy atom. The molecule has 0 bridgehead atoms. The molecule has 10 nitrogen and oxygen atoms in total. The number of aromatic amines is 1. The average Bonchev–Trinajstić information content (AvgIpc) is 3.35. The van der Waals surface area contributed by atoms with Crippen LogP contribution in [0.5, 0.6) is 5.75 Å². The number of hydrogen-bond acceptors (Lipinski definition) is 8. The minimum Gasteiger partial charge on any atom is -0.491 e. The Hall–Kier alpha value is -3.28. The van der Waals surface area contributed by atoms with Gasteiger partial charge in [-0.25, -0.2) is 8.42 Å². The zero-order chi connectivity index (χ0) is 24.3. The van der Waals surface area contributed by atoms with Crippen LogP contribution in [-0.4, -0.2) is 53.3 Å². The largest absolute Gasteiger partial charge is 0.491 e. The number of sulfone groups is 1. The molecule has 1 fully saturated rings. The Balaban J connectivity index is 1.55. The third kappa shape index (κ3) is 3.85. The van der Waals surface area contributed by atoms with Crippen molar-refractivity contribution < 1.29 is 22.6 Å². The smallest absolute Gasteiger partial charge is 0.259 e. The van der Waals surface area contributed by atoms with Gasteiger partial charge in [0.05, 0.1) is 22.4 Å². The van der Waals surface area contributed by atoms with Crippen LogP contribution in [0.25, 0.3) is 16.6 Å². The van der Waals surface area contributed by atoms with Crippen molar-refractivity contribution in [1.82, 2.24) is 19.8 Å². The lowest BCUT2D eigenvalue weighted by atomic mass is 10.2. The van der Waals surface area contributed by atoms with Gasteiger partial charge in [0.15, 0.2) is 11.4 Å². The van der Waals surface area contributed by atoms with Crippen molar-refractivity contribution in [2.24, 2.45) is 0 Å². The van der Waals surface area contributed by atoms with Gasteiger partial charge in [0.25, 0.3) is 5.56 Å². The molecule has 0 amide bonds. The molecule has 2 aromatic carbocycles. The minimum absolute atomic E-state index is 0.0103. The van der Waals surface area contributed by atoms with Crippen LogP contribution >= 0.6 is 0 Å². The Bertz CT molecular complexity index is 1590. The number of hydrogen-bond donors (Lipinski definition) is 1. The van der Waals surface area contributed by atoms with Crippen molar-refractivity contribution >= 4 is 26.4 Å². The van der Waals surface area contributed by atoms with Crippen molar-refractivity contribution in [2.45, 2.75) is 49.5 Å². The highest BCUT2D eigenvalue weighted by molar-refractivity contribution is 7.91. The quantitative estimate of drug-likeness (QED) is 0.458. The molecule has 178 valence electrons. The zero-order valence-corrected chi connectivity index (χ0v) is 20.0. The summed E-state index contributed by atoms with van der Waals surface area (Å²) < 4.78 is 45.2. The summed E-state index contributed by atoms with van der Waals surface area (Å²) in [5, 5.41) is 7.98. The molecular weight excluding hydrogens is 460 g/mol. The van der Waals surface area contributed by atoms with Crippen LogP contribution < -0.4 is 10.3 Å². The van der Waals surface area contributed by atoms with E-state index in [-0.39, 0.29) is 28.3 Å². The number of nitrogens with one attached hydrogen (secondary N) is 1. The summed E-state index contributed by atoms with van der Waals surface area (Å²) in [6.45, 7) is 7.93. The first-order valence-corrected chi connectivity index (χ1v) is 12.2. The van der Waals surface area contributed by atoms with E-state index in [1.807, 2.05) is 20.8 Å². The monoisotopic (exact) mass is 484 g/mol. The van der Waals surface area contributed by atoms with Gasteiger partial charge in [-0.05, 0) is 51.5 Å². The van der Waals surface area contributed by atoms with Crippen LogP contribution in [0.2, 0.25) is 0 Å². The van der Waals surface area contributed by atoms with Crippen LogP contribution in [0.15, 0.2) is 51.1 Å². The second-order valence-corrected chi connectivity index (χ2v) is 10.7. The van der Waals surface area contributed by atoms with Gasteiger partial charge in [-0.1, -0.05) is 22.9 Å². The molecular formula is C23H24N4O6S. The van der Waals surface area contributed by atoms with Crippen LogP contribution in [0.3, 0.4) is 0 Å². The maximum atomic E-state index is 13.4. The summed E-state index contributed by atoms with van der Waals surface area (Å²) in [4.78, 5) is 15.5. The maximum Gasteiger partial charge on any atom is 0.259 e. The van der Waals surface area contributed by atoms with Gasteiger partial charge >= 0.3 is 0 Å². The number of benzene rings is 2. The standard InChI is InChI=1S/C23H24N4O6S/c1-13-5-8-19(14(2)9-13)34(29,30)22-20-24-21(28)17-7-6-15(10-18(17)27(20)26-25-22)31-11-16-12-32-23(3,4)33-16/h5-10,16H,11-12H2,1-4H3,(H,24,28). The van der Waals surface area contributed by atoms with E-state index in [1.54, 1.807) is 37.3 Å². The number of nitrogens with zero attached hydrogens (tertiary/aromatic N) is 3. The molecule has 1 aliphatic heterocycles. The van der Waals surface area contributed by atoms with E-state index in [9.17, 15) is 13.2 Å². The first-order valence-electron chi connectivity index (χ1n) is 10.7. The highest BCUT2D eigenvalue weighted by Crippen LogP contribution is 2.28. The van der Waals surface area contributed by atoms with E-state index in [2.05, 4.69) is 15.3 Å². The molecule has 0 aliphatic carbocycles. The number of rotatable bonds is 5. The minimum atomic E-state index is -4.02. The Morgan fingerprint density at radius 3 is 2.71 bits per heavy atom. The Kier molecular flexibility index (Phi) is 5.23. The number of ether oxygens (including phenoxy) is 3. The van der Waals surface area contributed by atoms with Gasteiger partial charge in [0, 0.05) is 6.07 Å². The molecule has 1 saturated heterocycles. The first-order chi connectivity index (χ1) is 16.0. The van der Waals surface area contributed by atoms with Crippen molar-refractivity contribution in [3.8, 4) is 5.75 Å². The molecule has 1 aliphatic rings. The summed E-state index contributed by atoms with van der Waals surface area (Å²) in [6, 6.07) is 9.91. The van der Waals surface area contributed by atoms with Gasteiger partial charge in [0.1, 0.15) is 18.5 Å². The van der Waals surface area contributed by atoms with Gasteiger partial charge in [-0.2, -0.15) is 4.52 Å². The zero-order valence-electron chi connectivity index (χ0n) is 19.2. The first kappa shape index (κ1) is 22.5. The predicted octanol–water partition coefficient (Wildman–Crippen LogP) is 2.55. The summed E-state index contributed by atoms with van der Waals surface area (Å²) in [7, 11) is -4.02. The highest BCUT2D eigenvalue weighted by Gasteiger charge is 2.33. The highest BCUT2D eigenvalue weighted by atomic mass is 32.2. The fourth-order valence-corrected chi connectivity index (χ4v) is 5.58. The molecule has 0 spiro atoms. The second kappa shape index (κ2) is 7.90. The van der Waals surface area contributed by atoms with Crippen molar-refractivity contribution in [1.29, 1.82) is 0 Å². The van der Waals surface area contributed by atoms with Crippen LogP contribution in [0, 0.1) is 13.8 Å². The fourth-order valence-electron chi connectivity index (χ4n) is 4.11. The second-order valence-electron chi connectivity index (χ2n) is 8.82. The molecule has 1 unspecified atom stereocenters. The fraction of sp³-hybridized carbons (Fsp3) is 0.348. The van der Waals surface area contributed by atoms with Crippen LogP contribution in [-0.2, 0) is 19.3 Å². The summed E-state index contributed by atoms with van der Waals surface area (Å²) in [5.74, 6) is -0.183. The van der Waals surface area contributed by atoms with E-state index < -0.39 is 21.2 Å². The summed E-state index contributed by atoms with van der Waals surface area (Å²) >= 11 is 0. The van der Waals surface area contributed by atoms with Crippen molar-refractivity contribution in [3.05, 3.63) is 57.9 Å². The average molecular weight is 485 g/mol. The van der Waals surface area contributed by atoms with Crippen molar-refractivity contribution in [2.75, 3.05) is 13.2 Å². The SMILES string of the molecule is Cc1ccc(S(=O)(=O)c2nnn3c2[nH]c(=O)c2ccc(OCC4COC(C)(C)O4)cc23)c(C)c1. The molecule has 3 heterocycles. The normalized spacial score (nSPS) is 18.1. The molecule has 0 saturated carbocycles. The van der Waals surface area contributed by atoms with Gasteiger partial charge < -0.3 is 19.2 Å². The topological polar surface area (TPSA) is 125 Å². The molecule has 4 aromatic rings. The van der Waals surface area contributed by atoms with E-state index in [1.165, 1.54) is 10.6 Å². The third-order valence-corrected chi connectivity index (χ3v) is 7.51. The summed E-state index contributed by atoms with van der Waals surface area (Å²) in [5.41, 5.74) is 1.43. The van der Waals surface area contributed by atoms with Crippen molar-refractivity contribution in [3.63, 3.8) is 0 Å². The Labute approximate surface area is 195 Å². The number of H-pyrrole nitrogens is 1. The van der Waals surface area contributed by atoms with Gasteiger partial charge in [-0.3, -0.25) is 4.79 Å². The van der Waals surface area contributed by atoms with E-state index >= 15 is 0 Å². The van der Waals surface area contributed by atoms with Gasteiger partial charge in [0.2, 0.25) is 14.9 Å². The molecule has 1 atom stereocenters. The van der Waals surface area contributed by atoms with E-state index in [0.29, 0.717) is 28.8 Å². The van der Waals surface area contributed by atoms with Crippen LogP contribution in [0.1, 0.15) is 25.0 Å². The lowest BCUT2D eigenvalue weighted by molar-refractivity contribution is -0.141. The molecule has 5 rings (SSSR count). The Morgan fingerprint density at radius 1 is 1.21 bits per heavy atom. The molecule has 2 aromatic heterocycles. The van der Waals surface area contributed by atoms with E-state index in [4.69, 9.17) is 14.2 Å². The lowest BCUT2D eigenvalue weighted by Gasteiger charge is -2.17. The number of aryl methyl sites for hydroxylation is 2. The van der Waals surface area contributed by atoms with Gasteiger partial charge in [-0.15, -0.1) is 5.10 Å². The van der Waals surface area contributed by atoms with E-state index in [0.717, 1.165) is 5.56 Å². The number of aromatic nitrogens is 4. The predicted molar refractivity (Wildman–Crippen MR) is 123 cm³/mol. The number of fused-ring (bicyclic) bond motifs is 3. The van der Waals surface area contributed by atoms with Crippen LogP contribution in [0.4, 0.5) is 0 Å². The molecule has 0 radical (unpaired) electrons. The lowest BCUT2D eigenvalue weighted by Crippen LogP contribution is -2.25. The third-order valence-electron chi connectivity index (χ3n) is 5.69. The summed E-state index contributed by atoms with van der Waals surface area (Å²) in [6.07, 6.45) is -0.231. The molecule has 1 N–H and O–H groups in total. The molecule has 34 heavy (non-hydrogen) atoms. The maximum absolute atomic E-state index is 13.4. The molecule has 11 heteroatoms.